The second kappa shape index (κ2) is 5.49. The lowest BCUT2D eigenvalue weighted by Crippen LogP contribution is -2.43. The van der Waals surface area contributed by atoms with E-state index in [-0.39, 0.29) is 0 Å². The quantitative estimate of drug-likeness (QED) is 0.587. The van der Waals surface area contributed by atoms with Gasteiger partial charge in [-0.1, -0.05) is 6.07 Å². The van der Waals surface area contributed by atoms with Crippen LogP contribution in [-0.2, 0) is 6.42 Å². The van der Waals surface area contributed by atoms with Crippen molar-refractivity contribution in [1.29, 1.82) is 0 Å². The zero-order valence-corrected chi connectivity index (χ0v) is 9.39. The number of nitrogens with one attached hydrogen (secondary N) is 1. The number of hydrogen-bond acceptors (Lipinski definition) is 2. The summed E-state index contributed by atoms with van der Waals surface area (Å²) in [6, 6.07) is 6.46. The Hall–Kier alpha value is -1.58. The zero-order chi connectivity index (χ0) is 11.2. The Balaban J connectivity index is 1.71. The van der Waals surface area contributed by atoms with Crippen molar-refractivity contribution in [1.82, 2.24) is 10.3 Å². The lowest BCUT2D eigenvalue weighted by atomic mass is 9.93. The van der Waals surface area contributed by atoms with Crippen molar-refractivity contribution < 1.29 is 0 Å². The smallest absolute Gasteiger partial charge is 0.188 e. The highest BCUT2D eigenvalue weighted by atomic mass is 15.1. The Morgan fingerprint density at radius 2 is 2.38 bits per heavy atom. The number of pyridine rings is 1. The Morgan fingerprint density at radius 3 is 3.00 bits per heavy atom. The molecule has 0 atom stereocenters. The molecule has 1 fully saturated rings. The van der Waals surface area contributed by atoms with Gasteiger partial charge in [-0.2, -0.15) is 0 Å². The van der Waals surface area contributed by atoms with Gasteiger partial charge in [0.1, 0.15) is 0 Å². The molecule has 1 aromatic rings. The topological polar surface area (TPSA) is 63.3 Å². The van der Waals surface area contributed by atoms with Gasteiger partial charge in [0.2, 0.25) is 0 Å². The molecule has 0 saturated heterocycles. The number of rotatable bonds is 4. The minimum atomic E-state index is 0.554. The largest absolute Gasteiger partial charge is 0.370 e. The van der Waals surface area contributed by atoms with E-state index in [2.05, 4.69) is 15.3 Å². The van der Waals surface area contributed by atoms with Crippen LogP contribution in [0.3, 0.4) is 0 Å². The van der Waals surface area contributed by atoms with Crippen LogP contribution in [0.5, 0.6) is 0 Å². The molecular formula is C12H18N4. The Kier molecular flexibility index (Phi) is 3.75. The van der Waals surface area contributed by atoms with E-state index in [1.165, 1.54) is 19.3 Å². The summed E-state index contributed by atoms with van der Waals surface area (Å²) in [6.07, 6.45) is 6.38. The first-order valence-corrected chi connectivity index (χ1v) is 5.81. The van der Waals surface area contributed by atoms with Crippen LogP contribution in [0.25, 0.3) is 0 Å². The molecule has 1 aromatic heterocycles. The van der Waals surface area contributed by atoms with E-state index in [1.54, 1.807) is 6.20 Å². The Morgan fingerprint density at radius 1 is 1.50 bits per heavy atom. The van der Waals surface area contributed by atoms with E-state index in [1.807, 2.05) is 18.2 Å². The fourth-order valence-electron chi connectivity index (χ4n) is 1.64. The number of guanidine groups is 1. The third kappa shape index (κ3) is 3.22. The van der Waals surface area contributed by atoms with Gasteiger partial charge in [-0.3, -0.25) is 9.98 Å². The second-order valence-electron chi connectivity index (χ2n) is 4.11. The van der Waals surface area contributed by atoms with Gasteiger partial charge in [0.25, 0.3) is 0 Å². The predicted octanol–water partition coefficient (Wildman–Crippen LogP) is 1.08. The van der Waals surface area contributed by atoms with E-state index in [4.69, 9.17) is 5.73 Å². The minimum absolute atomic E-state index is 0.554. The maximum absolute atomic E-state index is 5.77. The molecule has 0 aliphatic heterocycles. The van der Waals surface area contributed by atoms with Gasteiger partial charge < -0.3 is 11.1 Å². The summed E-state index contributed by atoms with van der Waals surface area (Å²) in [6.45, 7) is 0.697. The van der Waals surface area contributed by atoms with Crippen LogP contribution in [0.4, 0.5) is 0 Å². The van der Waals surface area contributed by atoms with Gasteiger partial charge in [-0.05, 0) is 31.4 Å². The molecule has 0 unspecified atom stereocenters. The minimum Gasteiger partial charge on any atom is -0.370 e. The van der Waals surface area contributed by atoms with Gasteiger partial charge >= 0.3 is 0 Å². The van der Waals surface area contributed by atoms with E-state index in [0.29, 0.717) is 18.5 Å². The Labute approximate surface area is 96.0 Å². The molecular weight excluding hydrogens is 200 g/mol. The summed E-state index contributed by atoms with van der Waals surface area (Å²) >= 11 is 0. The van der Waals surface area contributed by atoms with Crippen molar-refractivity contribution in [2.45, 2.75) is 31.7 Å². The lowest BCUT2D eigenvalue weighted by Gasteiger charge is -2.26. The first-order valence-electron chi connectivity index (χ1n) is 5.81. The summed E-state index contributed by atoms with van der Waals surface area (Å²) < 4.78 is 0. The number of aromatic nitrogens is 1. The SMILES string of the molecule is NC(=NCCc1ccccn1)NC1CCC1. The standard InChI is InChI=1S/C12H18N4/c13-12(16-11-5-3-6-11)15-9-7-10-4-1-2-8-14-10/h1-2,4,8,11H,3,5-7,9H2,(H3,13,15,16). The van der Waals surface area contributed by atoms with Crippen LogP contribution in [0, 0.1) is 0 Å². The first-order chi connectivity index (χ1) is 7.84. The highest BCUT2D eigenvalue weighted by Gasteiger charge is 2.16. The highest BCUT2D eigenvalue weighted by molar-refractivity contribution is 5.78. The Bertz CT molecular complexity index is 343. The lowest BCUT2D eigenvalue weighted by molar-refractivity contribution is 0.382. The van der Waals surface area contributed by atoms with Crippen molar-refractivity contribution in [3.63, 3.8) is 0 Å². The number of hydrogen-bond donors (Lipinski definition) is 2. The van der Waals surface area contributed by atoms with Crippen LogP contribution < -0.4 is 11.1 Å². The van der Waals surface area contributed by atoms with Crippen molar-refractivity contribution in [3.8, 4) is 0 Å². The van der Waals surface area contributed by atoms with Crippen molar-refractivity contribution in [3.05, 3.63) is 30.1 Å². The van der Waals surface area contributed by atoms with Crippen LogP contribution in [0.1, 0.15) is 25.0 Å². The predicted molar refractivity (Wildman–Crippen MR) is 65.2 cm³/mol. The van der Waals surface area contributed by atoms with Gasteiger partial charge in [0.05, 0.1) is 0 Å². The monoisotopic (exact) mass is 218 g/mol. The molecule has 1 saturated carbocycles. The fraction of sp³-hybridized carbons (Fsp3) is 0.500. The van der Waals surface area contributed by atoms with Crippen molar-refractivity contribution >= 4 is 5.96 Å². The fourth-order valence-corrected chi connectivity index (χ4v) is 1.64. The van der Waals surface area contributed by atoms with Crippen molar-refractivity contribution in [2.24, 2.45) is 10.7 Å². The van der Waals surface area contributed by atoms with Crippen molar-refractivity contribution in [2.75, 3.05) is 6.54 Å². The third-order valence-corrected chi connectivity index (χ3v) is 2.83. The van der Waals surface area contributed by atoms with Crippen LogP contribution in [-0.4, -0.2) is 23.5 Å². The third-order valence-electron chi connectivity index (χ3n) is 2.83. The summed E-state index contributed by atoms with van der Waals surface area (Å²) in [5, 5.41) is 3.21. The average Bonchev–Trinajstić information content (AvgIpc) is 2.25. The van der Waals surface area contributed by atoms with Crippen LogP contribution >= 0.6 is 0 Å². The molecule has 1 aliphatic rings. The molecule has 0 bridgehead atoms. The molecule has 86 valence electrons. The van der Waals surface area contributed by atoms with Gasteiger partial charge in [0.15, 0.2) is 5.96 Å². The highest BCUT2D eigenvalue weighted by Crippen LogP contribution is 2.17. The van der Waals surface area contributed by atoms with E-state index >= 15 is 0 Å². The summed E-state index contributed by atoms with van der Waals surface area (Å²) in [5.41, 5.74) is 6.82. The summed E-state index contributed by atoms with van der Waals surface area (Å²) in [5.74, 6) is 0.570. The molecule has 4 heteroatoms. The number of nitrogens with two attached hydrogens (primary N) is 1. The van der Waals surface area contributed by atoms with Gasteiger partial charge in [-0.15, -0.1) is 0 Å². The van der Waals surface area contributed by atoms with Gasteiger partial charge in [-0.25, -0.2) is 0 Å². The zero-order valence-electron chi connectivity index (χ0n) is 9.39. The number of aliphatic imine (C=N–C) groups is 1. The van der Waals surface area contributed by atoms with E-state index in [9.17, 15) is 0 Å². The molecule has 0 radical (unpaired) electrons. The molecule has 1 heterocycles. The molecule has 16 heavy (non-hydrogen) atoms. The maximum atomic E-state index is 5.77. The molecule has 1 aliphatic carbocycles. The van der Waals surface area contributed by atoms with Crippen LogP contribution in [0.15, 0.2) is 29.4 Å². The molecule has 3 N–H and O–H groups in total. The molecule has 0 amide bonds. The molecule has 0 aromatic carbocycles. The van der Waals surface area contributed by atoms with Gasteiger partial charge in [0, 0.05) is 30.9 Å². The normalized spacial score (nSPS) is 16.9. The average molecular weight is 218 g/mol. The maximum Gasteiger partial charge on any atom is 0.188 e. The first kappa shape index (κ1) is 10.9. The second-order valence-corrected chi connectivity index (χ2v) is 4.11. The summed E-state index contributed by atoms with van der Waals surface area (Å²) in [7, 11) is 0. The number of nitrogens with zero attached hydrogens (tertiary/aromatic N) is 2. The molecule has 2 rings (SSSR count). The molecule has 0 spiro atoms. The van der Waals surface area contributed by atoms with E-state index in [0.717, 1.165) is 12.1 Å². The van der Waals surface area contributed by atoms with E-state index < -0.39 is 0 Å². The summed E-state index contributed by atoms with van der Waals surface area (Å²) in [4.78, 5) is 8.52. The molecule has 4 nitrogen and oxygen atoms in total. The van der Waals surface area contributed by atoms with Crippen LogP contribution in [0.2, 0.25) is 0 Å².